The van der Waals surface area contributed by atoms with E-state index in [9.17, 15) is 14.4 Å². The van der Waals surface area contributed by atoms with Crippen LogP contribution in [-0.4, -0.2) is 35.0 Å². The van der Waals surface area contributed by atoms with Crippen molar-refractivity contribution in [2.24, 2.45) is 5.92 Å². The molecule has 0 spiro atoms. The summed E-state index contributed by atoms with van der Waals surface area (Å²) in [5.74, 6) is -2.10. The number of likely N-dealkylation sites (tertiary alicyclic amines) is 1. The maximum absolute atomic E-state index is 12.4. The van der Waals surface area contributed by atoms with Gasteiger partial charge in [0, 0.05) is 6.54 Å². The third-order valence-electron chi connectivity index (χ3n) is 3.56. The van der Waals surface area contributed by atoms with Crippen LogP contribution in [0.25, 0.3) is 0 Å². The van der Waals surface area contributed by atoms with Gasteiger partial charge in [0.05, 0.1) is 0 Å². The minimum atomic E-state index is -0.949. The third kappa shape index (κ3) is 4.81. The number of hydrogen-bond acceptors (Lipinski definition) is 5. The van der Waals surface area contributed by atoms with Gasteiger partial charge >= 0.3 is 12.1 Å². The molecule has 2 rings (SSSR count). The molecule has 1 aliphatic heterocycles. The van der Waals surface area contributed by atoms with E-state index >= 15 is 0 Å². The number of nitrogens with zero attached hydrogens (tertiary/aromatic N) is 1. The van der Waals surface area contributed by atoms with Crippen LogP contribution in [0.2, 0.25) is 0 Å². The number of amides is 2. The normalized spacial score (nSPS) is 18.2. The fourth-order valence-electron chi connectivity index (χ4n) is 2.42. The van der Waals surface area contributed by atoms with Crippen LogP contribution in [0, 0.1) is 5.92 Å². The van der Waals surface area contributed by atoms with Crippen LogP contribution in [0.5, 0.6) is 0 Å². The van der Waals surface area contributed by atoms with Crippen molar-refractivity contribution in [1.82, 2.24) is 4.90 Å². The number of imide groups is 1. The third-order valence-corrected chi connectivity index (χ3v) is 3.56. The lowest BCUT2D eigenvalue weighted by Crippen LogP contribution is -2.49. The van der Waals surface area contributed by atoms with Gasteiger partial charge in [0.2, 0.25) is 5.91 Å². The first-order valence-corrected chi connectivity index (χ1v) is 8.03. The summed E-state index contributed by atoms with van der Waals surface area (Å²) < 4.78 is 10.4. The van der Waals surface area contributed by atoms with Gasteiger partial charge in [0.25, 0.3) is 0 Å². The summed E-state index contributed by atoms with van der Waals surface area (Å²) in [6.07, 6.45) is 0.218. The van der Waals surface area contributed by atoms with Gasteiger partial charge in [-0.2, -0.15) is 0 Å². The fraction of sp³-hybridized carbons (Fsp3) is 0.500. The molecule has 1 atom stereocenters. The van der Waals surface area contributed by atoms with E-state index in [-0.39, 0.29) is 13.2 Å². The van der Waals surface area contributed by atoms with Crippen LogP contribution in [-0.2, 0) is 25.7 Å². The minimum absolute atomic E-state index is 0.107. The second kappa shape index (κ2) is 7.47. The molecular formula is C18H23NO5. The molecule has 1 unspecified atom stereocenters. The molecule has 0 radical (unpaired) electrons. The number of ether oxygens (including phenoxy) is 2. The summed E-state index contributed by atoms with van der Waals surface area (Å²) in [5, 5.41) is 0. The molecular weight excluding hydrogens is 310 g/mol. The first-order valence-electron chi connectivity index (χ1n) is 8.03. The quantitative estimate of drug-likeness (QED) is 0.628. The number of piperidine rings is 1. The lowest BCUT2D eigenvalue weighted by Gasteiger charge is -2.31. The average molecular weight is 333 g/mol. The summed E-state index contributed by atoms with van der Waals surface area (Å²) in [6.45, 7) is 5.55. The predicted octanol–water partition coefficient (Wildman–Crippen LogP) is 2.90. The topological polar surface area (TPSA) is 72.9 Å². The minimum Gasteiger partial charge on any atom is -0.460 e. The molecule has 24 heavy (non-hydrogen) atoms. The number of hydrogen-bond donors (Lipinski definition) is 0. The van der Waals surface area contributed by atoms with E-state index in [0.29, 0.717) is 12.8 Å². The molecule has 1 fully saturated rings. The Balaban J connectivity index is 1.96. The van der Waals surface area contributed by atoms with Gasteiger partial charge in [0.15, 0.2) is 0 Å². The molecule has 0 saturated carbocycles. The van der Waals surface area contributed by atoms with Crippen LogP contribution in [0.1, 0.15) is 39.2 Å². The zero-order chi connectivity index (χ0) is 17.7. The molecule has 0 aliphatic carbocycles. The van der Waals surface area contributed by atoms with Crippen molar-refractivity contribution in [2.75, 3.05) is 6.54 Å². The van der Waals surface area contributed by atoms with Crippen LogP contribution < -0.4 is 0 Å². The monoisotopic (exact) mass is 333 g/mol. The van der Waals surface area contributed by atoms with Crippen molar-refractivity contribution in [1.29, 1.82) is 0 Å². The molecule has 0 aromatic heterocycles. The molecule has 1 heterocycles. The molecule has 1 aliphatic rings. The molecule has 0 bridgehead atoms. The highest BCUT2D eigenvalue weighted by Crippen LogP contribution is 2.22. The first kappa shape index (κ1) is 18.0. The number of benzene rings is 1. The number of esters is 1. The highest BCUT2D eigenvalue weighted by atomic mass is 16.6. The first-order chi connectivity index (χ1) is 11.3. The van der Waals surface area contributed by atoms with E-state index in [0.717, 1.165) is 10.5 Å². The fourth-order valence-corrected chi connectivity index (χ4v) is 2.42. The van der Waals surface area contributed by atoms with Gasteiger partial charge in [-0.1, -0.05) is 30.3 Å². The molecule has 6 heteroatoms. The predicted molar refractivity (Wildman–Crippen MR) is 86.9 cm³/mol. The van der Waals surface area contributed by atoms with Crippen molar-refractivity contribution >= 4 is 18.0 Å². The van der Waals surface area contributed by atoms with E-state index in [1.807, 2.05) is 30.3 Å². The van der Waals surface area contributed by atoms with Crippen molar-refractivity contribution in [3.63, 3.8) is 0 Å². The molecule has 1 saturated heterocycles. The van der Waals surface area contributed by atoms with Gasteiger partial charge in [-0.15, -0.1) is 0 Å². The van der Waals surface area contributed by atoms with Crippen LogP contribution in [0.15, 0.2) is 30.3 Å². The van der Waals surface area contributed by atoms with Crippen molar-refractivity contribution < 1.29 is 23.9 Å². The van der Waals surface area contributed by atoms with Gasteiger partial charge in [0.1, 0.15) is 18.1 Å². The molecule has 1 aromatic rings. The van der Waals surface area contributed by atoms with Crippen LogP contribution >= 0.6 is 0 Å². The summed E-state index contributed by atoms with van der Waals surface area (Å²) in [6, 6.07) is 9.24. The standard InChI is InChI=1S/C18H23NO5/c1-18(2,3)24-17(22)19-11-7-10-14(15(19)20)16(21)23-12-13-8-5-4-6-9-13/h4-6,8-9,14H,7,10-12H2,1-3H3. The SMILES string of the molecule is CC(C)(C)OC(=O)N1CCCC(C(=O)OCc2ccccc2)C1=O. The summed E-state index contributed by atoms with van der Waals surface area (Å²) in [4.78, 5) is 37.7. The van der Waals surface area contributed by atoms with E-state index in [1.165, 1.54) is 0 Å². The smallest absolute Gasteiger partial charge is 0.417 e. The van der Waals surface area contributed by atoms with Crippen LogP contribution in [0.3, 0.4) is 0 Å². The van der Waals surface area contributed by atoms with Gasteiger partial charge in [-0.3, -0.25) is 9.59 Å². The van der Waals surface area contributed by atoms with Crippen LogP contribution in [0.4, 0.5) is 4.79 Å². The van der Waals surface area contributed by atoms with E-state index in [1.54, 1.807) is 20.8 Å². The van der Waals surface area contributed by atoms with Gasteiger partial charge in [-0.05, 0) is 39.2 Å². The maximum Gasteiger partial charge on any atom is 0.417 e. The highest BCUT2D eigenvalue weighted by molar-refractivity contribution is 6.04. The lowest BCUT2D eigenvalue weighted by atomic mass is 9.97. The van der Waals surface area contributed by atoms with Gasteiger partial charge in [-0.25, -0.2) is 9.69 Å². The molecule has 2 amide bonds. The average Bonchev–Trinajstić information content (AvgIpc) is 2.52. The number of rotatable bonds is 3. The van der Waals surface area contributed by atoms with Crippen molar-refractivity contribution in [3.05, 3.63) is 35.9 Å². The van der Waals surface area contributed by atoms with E-state index < -0.39 is 29.5 Å². The lowest BCUT2D eigenvalue weighted by molar-refractivity contribution is -0.158. The number of carbonyl (C=O) groups is 3. The molecule has 6 nitrogen and oxygen atoms in total. The second-order valence-corrected chi connectivity index (χ2v) is 6.76. The zero-order valence-corrected chi connectivity index (χ0v) is 14.3. The number of carbonyl (C=O) groups excluding carboxylic acids is 3. The Morgan fingerprint density at radius 1 is 1.21 bits per heavy atom. The summed E-state index contributed by atoms with van der Waals surface area (Å²) >= 11 is 0. The second-order valence-electron chi connectivity index (χ2n) is 6.76. The Bertz CT molecular complexity index is 606. The van der Waals surface area contributed by atoms with E-state index in [4.69, 9.17) is 9.47 Å². The maximum atomic E-state index is 12.4. The highest BCUT2D eigenvalue weighted by Gasteiger charge is 2.39. The summed E-state index contributed by atoms with van der Waals surface area (Å²) in [5.41, 5.74) is 0.149. The van der Waals surface area contributed by atoms with E-state index in [2.05, 4.69) is 0 Å². The Morgan fingerprint density at radius 3 is 2.50 bits per heavy atom. The Kier molecular flexibility index (Phi) is 5.59. The van der Waals surface area contributed by atoms with Crippen molar-refractivity contribution in [3.8, 4) is 0 Å². The van der Waals surface area contributed by atoms with Gasteiger partial charge < -0.3 is 9.47 Å². The Morgan fingerprint density at radius 2 is 1.88 bits per heavy atom. The molecule has 1 aromatic carbocycles. The largest absolute Gasteiger partial charge is 0.460 e. The van der Waals surface area contributed by atoms with Crippen molar-refractivity contribution in [2.45, 2.75) is 45.8 Å². The Labute approximate surface area is 141 Å². The summed E-state index contributed by atoms with van der Waals surface area (Å²) in [7, 11) is 0. The zero-order valence-electron chi connectivity index (χ0n) is 14.3. The molecule has 130 valence electrons. The Hall–Kier alpha value is -2.37. The molecule has 0 N–H and O–H groups in total.